The Kier molecular flexibility index (Phi) is 6.48. The number of piperidine rings is 1. The number of carbonyl (C=O) groups is 1. The predicted molar refractivity (Wildman–Crippen MR) is 118 cm³/mol. The molecule has 1 N–H and O–H groups in total. The van der Waals surface area contributed by atoms with Crippen molar-refractivity contribution in [3.63, 3.8) is 0 Å². The lowest BCUT2D eigenvalue weighted by Crippen LogP contribution is -2.29. The van der Waals surface area contributed by atoms with Crippen molar-refractivity contribution in [2.24, 2.45) is 11.8 Å². The monoisotopic (exact) mass is 397 g/mol. The molecule has 2 aliphatic heterocycles. The molecule has 158 valence electrons. The first-order chi connectivity index (χ1) is 14.1. The number of ketones is 1. The maximum Gasteiger partial charge on any atom is 0.184 e. The van der Waals surface area contributed by atoms with Gasteiger partial charge in [-0.3, -0.25) is 4.79 Å². The van der Waals surface area contributed by atoms with Crippen molar-refractivity contribution in [1.82, 2.24) is 20.1 Å². The highest BCUT2D eigenvalue weighted by molar-refractivity contribution is 6.05. The minimum Gasteiger partial charge on any atom is -0.357 e. The Morgan fingerprint density at radius 1 is 1.14 bits per heavy atom. The van der Waals surface area contributed by atoms with Crippen molar-refractivity contribution in [2.45, 2.75) is 65.3 Å². The number of carbonyl (C=O) groups excluding carboxylic acids is 1. The van der Waals surface area contributed by atoms with Crippen LogP contribution in [-0.2, 0) is 6.54 Å². The Hall–Kier alpha value is -1.95. The molecule has 0 radical (unpaired) electrons. The molecule has 2 aromatic rings. The Balaban J connectivity index is 1.64. The number of hydrogen-bond acceptors (Lipinski definition) is 5. The first-order valence-electron chi connectivity index (χ1n) is 11.5. The van der Waals surface area contributed by atoms with E-state index < -0.39 is 0 Å². The fraction of sp³-hybridized carbons (Fsp3) is 0.696. The third-order valence-corrected chi connectivity index (χ3v) is 6.25. The molecule has 0 spiro atoms. The molecule has 2 saturated heterocycles. The van der Waals surface area contributed by atoms with E-state index >= 15 is 0 Å². The number of nitrogens with one attached hydrogen (secondary N) is 1. The molecule has 0 saturated carbocycles. The summed E-state index contributed by atoms with van der Waals surface area (Å²) in [4.78, 5) is 20.5. The van der Waals surface area contributed by atoms with Gasteiger partial charge < -0.3 is 10.2 Å². The predicted octanol–water partition coefficient (Wildman–Crippen LogP) is 4.04. The summed E-state index contributed by atoms with van der Waals surface area (Å²) in [6.07, 6.45) is 7.82. The van der Waals surface area contributed by atoms with E-state index in [-0.39, 0.29) is 5.78 Å². The number of pyridine rings is 1. The maximum atomic E-state index is 13.1. The summed E-state index contributed by atoms with van der Waals surface area (Å²) in [5.74, 6) is 2.13. The van der Waals surface area contributed by atoms with E-state index in [1.165, 1.54) is 25.7 Å². The highest BCUT2D eigenvalue weighted by Crippen LogP contribution is 2.26. The highest BCUT2D eigenvalue weighted by Gasteiger charge is 2.24. The lowest BCUT2D eigenvalue weighted by atomic mass is 9.91. The fourth-order valence-corrected chi connectivity index (χ4v) is 4.64. The second kappa shape index (κ2) is 9.24. The van der Waals surface area contributed by atoms with Crippen LogP contribution in [0.25, 0.3) is 11.0 Å². The van der Waals surface area contributed by atoms with Gasteiger partial charge in [0.2, 0.25) is 0 Å². The van der Waals surface area contributed by atoms with Crippen LogP contribution in [0.2, 0.25) is 0 Å². The van der Waals surface area contributed by atoms with Crippen LogP contribution in [0.3, 0.4) is 0 Å². The molecule has 0 atom stereocenters. The average molecular weight is 398 g/mol. The lowest BCUT2D eigenvalue weighted by molar-refractivity contribution is 0.0948. The molecule has 0 aliphatic carbocycles. The number of rotatable bonds is 6. The molecule has 4 rings (SSSR count). The summed E-state index contributed by atoms with van der Waals surface area (Å²) in [5, 5.41) is 9.07. The van der Waals surface area contributed by atoms with E-state index in [1.807, 2.05) is 4.68 Å². The standard InChI is InChI=1S/C23H35N5O/c1-17(2)16-28-23-19(7-8-21(25-23)27-13-5-3-4-6-14-27)22(26-28)20(29)15-18-9-11-24-12-10-18/h7-8,17-18,24H,3-6,9-16H2,1-2H3. The Morgan fingerprint density at radius 3 is 2.55 bits per heavy atom. The minimum absolute atomic E-state index is 0.175. The van der Waals surface area contributed by atoms with Crippen LogP contribution >= 0.6 is 0 Å². The van der Waals surface area contributed by atoms with E-state index in [0.717, 1.165) is 62.4 Å². The van der Waals surface area contributed by atoms with Crippen LogP contribution in [-0.4, -0.2) is 46.7 Å². The van der Waals surface area contributed by atoms with Crippen molar-refractivity contribution in [2.75, 3.05) is 31.1 Å². The van der Waals surface area contributed by atoms with Crippen LogP contribution in [0.15, 0.2) is 12.1 Å². The van der Waals surface area contributed by atoms with Gasteiger partial charge in [-0.15, -0.1) is 0 Å². The molecule has 2 aromatic heterocycles. The SMILES string of the molecule is CC(C)Cn1nc(C(=O)CC2CCNCC2)c2ccc(N3CCCCCC3)nc21. The summed E-state index contributed by atoms with van der Waals surface area (Å²) in [5.41, 5.74) is 1.49. The summed E-state index contributed by atoms with van der Waals surface area (Å²) >= 11 is 0. The van der Waals surface area contributed by atoms with Gasteiger partial charge in [0, 0.05) is 26.1 Å². The Bertz CT molecular complexity index is 829. The van der Waals surface area contributed by atoms with E-state index in [0.29, 0.717) is 24.0 Å². The number of Topliss-reactive ketones (excluding diaryl/α,β-unsaturated/α-hetero) is 1. The maximum absolute atomic E-state index is 13.1. The van der Waals surface area contributed by atoms with Crippen LogP contribution < -0.4 is 10.2 Å². The second-order valence-corrected chi connectivity index (χ2v) is 9.19. The molecule has 0 aromatic carbocycles. The molecule has 2 aliphatic rings. The third kappa shape index (κ3) is 4.80. The Morgan fingerprint density at radius 2 is 1.86 bits per heavy atom. The lowest BCUT2D eigenvalue weighted by Gasteiger charge is -2.21. The van der Waals surface area contributed by atoms with Crippen molar-refractivity contribution >= 4 is 22.6 Å². The topological polar surface area (TPSA) is 63.1 Å². The van der Waals surface area contributed by atoms with Gasteiger partial charge in [-0.05, 0) is 62.7 Å². The first kappa shape index (κ1) is 20.3. The quantitative estimate of drug-likeness (QED) is 0.746. The summed E-state index contributed by atoms with van der Waals surface area (Å²) in [7, 11) is 0. The number of hydrogen-bond donors (Lipinski definition) is 1. The van der Waals surface area contributed by atoms with Crippen LogP contribution in [0.5, 0.6) is 0 Å². The second-order valence-electron chi connectivity index (χ2n) is 9.19. The molecule has 29 heavy (non-hydrogen) atoms. The van der Waals surface area contributed by atoms with Crippen LogP contribution in [0.1, 0.15) is 69.3 Å². The van der Waals surface area contributed by atoms with Gasteiger partial charge in [0.25, 0.3) is 0 Å². The zero-order chi connectivity index (χ0) is 20.2. The van der Waals surface area contributed by atoms with Gasteiger partial charge >= 0.3 is 0 Å². The molecule has 6 heteroatoms. The molecule has 2 fully saturated rings. The molecule has 0 bridgehead atoms. The van der Waals surface area contributed by atoms with E-state index in [4.69, 9.17) is 10.1 Å². The van der Waals surface area contributed by atoms with Crippen molar-refractivity contribution in [3.05, 3.63) is 17.8 Å². The van der Waals surface area contributed by atoms with Crippen molar-refractivity contribution < 1.29 is 4.79 Å². The average Bonchev–Trinajstić information content (AvgIpc) is 2.89. The Labute approximate surface area is 174 Å². The van der Waals surface area contributed by atoms with Crippen molar-refractivity contribution in [1.29, 1.82) is 0 Å². The smallest absolute Gasteiger partial charge is 0.184 e. The van der Waals surface area contributed by atoms with Gasteiger partial charge in [0.05, 0.1) is 5.39 Å². The normalized spacial score (nSPS) is 19.1. The van der Waals surface area contributed by atoms with Crippen LogP contribution in [0, 0.1) is 11.8 Å². The fourth-order valence-electron chi connectivity index (χ4n) is 4.64. The zero-order valence-electron chi connectivity index (χ0n) is 18.0. The number of fused-ring (bicyclic) bond motifs is 1. The molecular weight excluding hydrogens is 362 g/mol. The van der Waals surface area contributed by atoms with Crippen molar-refractivity contribution in [3.8, 4) is 0 Å². The molecule has 0 unspecified atom stereocenters. The number of anilines is 1. The van der Waals surface area contributed by atoms with E-state index in [9.17, 15) is 4.79 Å². The van der Waals surface area contributed by atoms with E-state index in [2.05, 4.69) is 36.2 Å². The molecule has 0 amide bonds. The number of aromatic nitrogens is 3. The third-order valence-electron chi connectivity index (χ3n) is 6.25. The van der Waals surface area contributed by atoms with Gasteiger partial charge in [0.1, 0.15) is 11.5 Å². The minimum atomic E-state index is 0.175. The molecule has 6 nitrogen and oxygen atoms in total. The summed E-state index contributed by atoms with van der Waals surface area (Å²) < 4.78 is 1.97. The zero-order valence-corrected chi connectivity index (χ0v) is 18.0. The summed E-state index contributed by atoms with van der Waals surface area (Å²) in [6.45, 7) is 9.32. The largest absolute Gasteiger partial charge is 0.357 e. The summed E-state index contributed by atoms with van der Waals surface area (Å²) in [6, 6.07) is 4.18. The van der Waals surface area contributed by atoms with E-state index in [1.54, 1.807) is 0 Å². The highest BCUT2D eigenvalue weighted by atomic mass is 16.1. The van der Waals surface area contributed by atoms with Crippen LogP contribution in [0.4, 0.5) is 5.82 Å². The van der Waals surface area contributed by atoms with Gasteiger partial charge in [-0.25, -0.2) is 9.67 Å². The van der Waals surface area contributed by atoms with Gasteiger partial charge in [-0.1, -0.05) is 26.7 Å². The molecule has 4 heterocycles. The molecular formula is C23H35N5O. The first-order valence-corrected chi connectivity index (χ1v) is 11.5. The van der Waals surface area contributed by atoms with Gasteiger partial charge in [0.15, 0.2) is 11.4 Å². The number of nitrogens with zero attached hydrogens (tertiary/aromatic N) is 4. The van der Waals surface area contributed by atoms with Gasteiger partial charge in [-0.2, -0.15) is 5.10 Å².